The number of hydrogen-bond donors (Lipinski definition) is 4. The quantitative estimate of drug-likeness (QED) is 0.504. The fourth-order valence-electron chi connectivity index (χ4n) is 4.00. The molecule has 0 radical (unpaired) electrons. The molecule has 2 aromatic carbocycles. The van der Waals surface area contributed by atoms with Gasteiger partial charge in [-0.15, -0.1) is 0 Å². The van der Waals surface area contributed by atoms with E-state index in [2.05, 4.69) is 26.0 Å². The zero-order valence-electron chi connectivity index (χ0n) is 19.1. The van der Waals surface area contributed by atoms with Crippen molar-refractivity contribution in [1.29, 1.82) is 0 Å². The van der Waals surface area contributed by atoms with E-state index in [4.69, 9.17) is 32.4 Å². The van der Waals surface area contributed by atoms with Crippen molar-refractivity contribution in [2.24, 2.45) is 22.9 Å². The average Bonchev–Trinajstić information content (AvgIpc) is 2.77. The van der Waals surface area contributed by atoms with Gasteiger partial charge < -0.3 is 32.4 Å². The predicted molar refractivity (Wildman–Crippen MR) is 132 cm³/mol. The van der Waals surface area contributed by atoms with Gasteiger partial charge in [-0.25, -0.2) is 0 Å². The molecular formula is C27H32N4O2. The van der Waals surface area contributed by atoms with Crippen LogP contribution in [-0.2, 0) is 5.41 Å². The van der Waals surface area contributed by atoms with Gasteiger partial charge in [-0.05, 0) is 48.6 Å². The lowest BCUT2D eigenvalue weighted by atomic mass is 9.77. The summed E-state index contributed by atoms with van der Waals surface area (Å²) in [7, 11) is 0. The van der Waals surface area contributed by atoms with Crippen LogP contribution >= 0.6 is 0 Å². The first-order valence-corrected chi connectivity index (χ1v) is 11.0. The molecule has 33 heavy (non-hydrogen) atoms. The molecule has 172 valence electrons. The van der Waals surface area contributed by atoms with E-state index in [9.17, 15) is 0 Å². The summed E-state index contributed by atoms with van der Waals surface area (Å²) in [6.45, 7) is 4.31. The highest BCUT2D eigenvalue weighted by Crippen LogP contribution is 2.42. The van der Waals surface area contributed by atoms with Gasteiger partial charge in [0.25, 0.3) is 0 Å². The Hall–Kier alpha value is -3.16. The summed E-state index contributed by atoms with van der Waals surface area (Å²) in [5.74, 6) is 2.97. The van der Waals surface area contributed by atoms with Crippen molar-refractivity contribution >= 4 is 0 Å². The van der Waals surface area contributed by atoms with Gasteiger partial charge in [-0.3, -0.25) is 0 Å². The number of para-hydroxylation sites is 2. The van der Waals surface area contributed by atoms with E-state index in [-0.39, 0.29) is 0 Å². The second-order valence-electron chi connectivity index (χ2n) is 9.33. The summed E-state index contributed by atoms with van der Waals surface area (Å²) in [5, 5.41) is 0. The van der Waals surface area contributed by atoms with Crippen LogP contribution in [-0.4, -0.2) is 11.3 Å². The van der Waals surface area contributed by atoms with Crippen molar-refractivity contribution < 1.29 is 9.47 Å². The van der Waals surface area contributed by atoms with Gasteiger partial charge in [0.2, 0.25) is 0 Å². The molecule has 0 fully saturated rings. The van der Waals surface area contributed by atoms with Gasteiger partial charge in [0.15, 0.2) is 0 Å². The molecular weight excluding hydrogens is 412 g/mol. The normalized spacial score (nSPS) is 19.0. The number of ether oxygens (including phenoxy) is 2. The van der Waals surface area contributed by atoms with Gasteiger partial charge in [0.05, 0.1) is 11.3 Å². The predicted octanol–water partition coefficient (Wildman–Crippen LogP) is 3.69. The van der Waals surface area contributed by atoms with E-state index in [1.165, 1.54) is 0 Å². The Labute approximate surface area is 195 Å². The van der Waals surface area contributed by atoms with Crippen molar-refractivity contribution in [3.63, 3.8) is 0 Å². The molecule has 2 aliphatic carbocycles. The van der Waals surface area contributed by atoms with Crippen molar-refractivity contribution in [1.82, 2.24) is 0 Å². The molecule has 6 heteroatoms. The van der Waals surface area contributed by atoms with Crippen LogP contribution in [0, 0.1) is 0 Å². The molecule has 0 heterocycles. The first kappa shape index (κ1) is 23.0. The first-order chi connectivity index (χ1) is 15.6. The molecule has 0 saturated heterocycles. The average molecular weight is 445 g/mol. The lowest BCUT2D eigenvalue weighted by Gasteiger charge is -2.31. The Morgan fingerprint density at radius 2 is 1.06 bits per heavy atom. The number of nitrogens with two attached hydrogens (primary N) is 4. The third-order valence-corrected chi connectivity index (χ3v) is 6.01. The van der Waals surface area contributed by atoms with Gasteiger partial charge in [0, 0.05) is 29.4 Å². The van der Waals surface area contributed by atoms with Gasteiger partial charge in [-0.1, -0.05) is 50.2 Å². The summed E-state index contributed by atoms with van der Waals surface area (Å²) < 4.78 is 12.5. The van der Waals surface area contributed by atoms with Crippen LogP contribution in [0.25, 0.3) is 0 Å². The Bertz CT molecular complexity index is 1070. The number of benzene rings is 2. The summed E-state index contributed by atoms with van der Waals surface area (Å²) in [6, 6.07) is 16.0. The lowest BCUT2D eigenvalue weighted by Crippen LogP contribution is -2.47. The molecule has 0 saturated carbocycles. The minimum absolute atomic E-state index is 0.415. The zero-order chi connectivity index (χ0) is 23.7. The minimum atomic E-state index is -0.836. The maximum Gasteiger partial charge on any atom is 0.131 e. The second-order valence-corrected chi connectivity index (χ2v) is 9.33. The van der Waals surface area contributed by atoms with Crippen LogP contribution in [0.5, 0.6) is 11.5 Å². The van der Waals surface area contributed by atoms with E-state index in [1.807, 2.05) is 60.7 Å². The summed E-state index contributed by atoms with van der Waals surface area (Å²) in [6.07, 6.45) is 12.0. The maximum absolute atomic E-state index is 6.27. The molecule has 2 aromatic rings. The van der Waals surface area contributed by atoms with E-state index in [0.717, 1.165) is 34.1 Å². The smallest absolute Gasteiger partial charge is 0.131 e. The number of hydrogen-bond acceptors (Lipinski definition) is 6. The van der Waals surface area contributed by atoms with Crippen LogP contribution in [0.2, 0.25) is 0 Å². The molecule has 8 N–H and O–H groups in total. The van der Waals surface area contributed by atoms with Crippen LogP contribution in [0.15, 0.2) is 96.5 Å². The Kier molecular flexibility index (Phi) is 6.03. The number of allylic oxidation sites excluding steroid dienone is 2. The Morgan fingerprint density at radius 1 is 0.667 bits per heavy atom. The largest absolute Gasteiger partial charge is 0.457 e. The fourth-order valence-corrected chi connectivity index (χ4v) is 4.00. The molecule has 0 aliphatic heterocycles. The van der Waals surface area contributed by atoms with Gasteiger partial charge in [-0.2, -0.15) is 0 Å². The van der Waals surface area contributed by atoms with Crippen LogP contribution in [0.3, 0.4) is 0 Å². The second kappa shape index (κ2) is 8.65. The standard InChI is InChI=1S/C27H32N4O2/c1-25(2,21-7-3-5-9-23(21)32-19-11-15-26(28,29)16-12-19)22-8-4-6-10-24(22)33-20-13-17-27(30,31)18-14-20/h3-15,17H,16,18,28-31H2,1-2H3. The maximum atomic E-state index is 6.27. The highest BCUT2D eigenvalue weighted by molar-refractivity contribution is 5.52. The molecule has 6 nitrogen and oxygen atoms in total. The van der Waals surface area contributed by atoms with E-state index in [0.29, 0.717) is 12.8 Å². The molecule has 2 aliphatic rings. The molecule has 0 bridgehead atoms. The lowest BCUT2D eigenvalue weighted by molar-refractivity contribution is 0.401. The molecule has 4 rings (SSSR count). The molecule has 0 atom stereocenters. The Balaban J connectivity index is 1.64. The topological polar surface area (TPSA) is 123 Å². The van der Waals surface area contributed by atoms with Crippen molar-refractivity contribution in [2.75, 3.05) is 0 Å². The SMILES string of the molecule is CC(C)(c1ccccc1OC1=CCC(N)(N)C=C1)c1ccccc1OC1=CCC(N)(N)C=C1. The van der Waals surface area contributed by atoms with E-state index < -0.39 is 16.7 Å². The summed E-state index contributed by atoms with van der Waals surface area (Å²) in [5.41, 5.74) is 23.9. The summed E-state index contributed by atoms with van der Waals surface area (Å²) >= 11 is 0. The monoisotopic (exact) mass is 444 g/mol. The van der Waals surface area contributed by atoms with Crippen LogP contribution < -0.4 is 32.4 Å². The molecule has 0 aromatic heterocycles. The van der Waals surface area contributed by atoms with Crippen LogP contribution in [0.1, 0.15) is 37.8 Å². The van der Waals surface area contributed by atoms with Crippen molar-refractivity contribution in [2.45, 2.75) is 43.4 Å². The molecule has 0 amide bonds. The fraction of sp³-hybridized carbons (Fsp3) is 0.259. The van der Waals surface area contributed by atoms with Gasteiger partial charge >= 0.3 is 0 Å². The highest BCUT2D eigenvalue weighted by atomic mass is 16.5. The van der Waals surface area contributed by atoms with E-state index >= 15 is 0 Å². The van der Waals surface area contributed by atoms with Crippen LogP contribution in [0.4, 0.5) is 0 Å². The Morgan fingerprint density at radius 3 is 1.42 bits per heavy atom. The molecule has 0 unspecified atom stereocenters. The first-order valence-electron chi connectivity index (χ1n) is 11.0. The van der Waals surface area contributed by atoms with E-state index in [1.54, 1.807) is 12.2 Å². The summed E-state index contributed by atoms with van der Waals surface area (Å²) in [4.78, 5) is 0. The highest BCUT2D eigenvalue weighted by Gasteiger charge is 2.31. The van der Waals surface area contributed by atoms with Crippen molar-refractivity contribution in [3.8, 4) is 11.5 Å². The minimum Gasteiger partial charge on any atom is -0.457 e. The van der Waals surface area contributed by atoms with Gasteiger partial charge in [0.1, 0.15) is 23.0 Å². The van der Waals surface area contributed by atoms with Crippen molar-refractivity contribution in [3.05, 3.63) is 108 Å². The zero-order valence-corrected chi connectivity index (χ0v) is 19.1. The third kappa shape index (κ3) is 5.26. The number of rotatable bonds is 6. The molecule has 0 spiro atoms. The third-order valence-electron chi connectivity index (χ3n) is 6.01.